The monoisotopic (exact) mass is 354 g/mol. The summed E-state index contributed by atoms with van der Waals surface area (Å²) in [6, 6.07) is 12.8. The Kier molecular flexibility index (Phi) is 5.19. The van der Waals surface area contributed by atoms with E-state index in [9.17, 15) is 14.7 Å². The molecule has 1 aromatic heterocycles. The van der Waals surface area contributed by atoms with Gasteiger partial charge >= 0.3 is 12.1 Å². The van der Waals surface area contributed by atoms with Gasteiger partial charge in [0.2, 0.25) is 0 Å². The lowest BCUT2D eigenvalue weighted by Crippen LogP contribution is -2.35. The van der Waals surface area contributed by atoms with Crippen LogP contribution in [-0.2, 0) is 27.3 Å². The number of fused-ring (bicyclic) bond motifs is 1. The number of rotatable bonds is 5. The largest absolute Gasteiger partial charge is 0.516 e. The van der Waals surface area contributed by atoms with E-state index in [2.05, 4.69) is 9.72 Å². The number of nitrogens with one attached hydrogen (secondary N) is 1. The van der Waals surface area contributed by atoms with Crippen molar-refractivity contribution in [3.63, 3.8) is 0 Å². The molecular formula is C19H18N2O5. The summed E-state index contributed by atoms with van der Waals surface area (Å²) in [5.41, 5.74) is 8.15. The number of esters is 1. The summed E-state index contributed by atoms with van der Waals surface area (Å²) in [7, 11) is 0. The summed E-state index contributed by atoms with van der Waals surface area (Å²) in [5, 5.41) is 10.3. The fourth-order valence-corrected chi connectivity index (χ4v) is 2.56. The first-order chi connectivity index (χ1) is 12.5. The lowest BCUT2D eigenvalue weighted by Gasteiger charge is -2.10. The summed E-state index contributed by atoms with van der Waals surface area (Å²) in [4.78, 5) is 26.6. The zero-order valence-electron chi connectivity index (χ0n) is 13.8. The third-order valence-electron chi connectivity index (χ3n) is 3.88. The van der Waals surface area contributed by atoms with Gasteiger partial charge in [0.25, 0.3) is 0 Å². The summed E-state index contributed by atoms with van der Waals surface area (Å²) in [5.74, 6) is -0.767. The van der Waals surface area contributed by atoms with Crippen LogP contribution in [0.2, 0.25) is 0 Å². The van der Waals surface area contributed by atoms with Crippen LogP contribution in [0.5, 0.6) is 5.75 Å². The average molecular weight is 354 g/mol. The molecule has 3 rings (SSSR count). The van der Waals surface area contributed by atoms with Crippen LogP contribution in [0.3, 0.4) is 0 Å². The minimum Gasteiger partial charge on any atom is -0.508 e. The molecule has 0 unspecified atom stereocenters. The maximum atomic E-state index is 12.0. The summed E-state index contributed by atoms with van der Waals surface area (Å²) < 4.78 is 9.53. The van der Waals surface area contributed by atoms with Crippen LogP contribution >= 0.6 is 0 Å². The lowest BCUT2D eigenvalue weighted by molar-refractivity contribution is -0.141. The van der Waals surface area contributed by atoms with E-state index in [-0.39, 0.29) is 18.8 Å². The van der Waals surface area contributed by atoms with Gasteiger partial charge < -0.3 is 25.3 Å². The van der Waals surface area contributed by atoms with E-state index in [1.807, 2.05) is 18.2 Å². The summed E-state index contributed by atoms with van der Waals surface area (Å²) >= 11 is 0. The second-order valence-electron chi connectivity index (χ2n) is 5.80. The number of aromatic amines is 1. The van der Waals surface area contributed by atoms with Gasteiger partial charge in [-0.1, -0.05) is 30.3 Å². The van der Waals surface area contributed by atoms with Crippen molar-refractivity contribution in [2.75, 3.05) is 0 Å². The molecule has 1 heterocycles. The molecule has 26 heavy (non-hydrogen) atoms. The van der Waals surface area contributed by atoms with E-state index in [1.165, 1.54) is 0 Å². The Morgan fingerprint density at radius 3 is 2.69 bits per heavy atom. The highest BCUT2D eigenvalue weighted by Crippen LogP contribution is 2.23. The van der Waals surface area contributed by atoms with Gasteiger partial charge in [-0.05, 0) is 29.3 Å². The third-order valence-corrected chi connectivity index (χ3v) is 3.88. The molecule has 0 saturated carbocycles. The van der Waals surface area contributed by atoms with Gasteiger partial charge in [-0.25, -0.2) is 9.59 Å². The molecule has 0 spiro atoms. The van der Waals surface area contributed by atoms with E-state index >= 15 is 0 Å². The second kappa shape index (κ2) is 7.71. The highest BCUT2D eigenvalue weighted by molar-refractivity contribution is 5.88. The molecule has 4 N–H and O–H groups in total. The Morgan fingerprint density at radius 1 is 1.15 bits per heavy atom. The highest BCUT2D eigenvalue weighted by atomic mass is 16.7. The van der Waals surface area contributed by atoms with Crippen molar-refractivity contribution in [3.05, 3.63) is 65.9 Å². The minimum absolute atomic E-state index is 0.00389. The van der Waals surface area contributed by atoms with Crippen LogP contribution in [0.1, 0.15) is 11.1 Å². The van der Waals surface area contributed by atoms with Crippen molar-refractivity contribution >= 4 is 23.0 Å². The predicted molar refractivity (Wildman–Crippen MR) is 94.4 cm³/mol. The molecular weight excluding hydrogens is 336 g/mol. The zero-order chi connectivity index (χ0) is 18.5. The van der Waals surface area contributed by atoms with E-state index < -0.39 is 18.2 Å². The molecule has 0 fully saturated rings. The van der Waals surface area contributed by atoms with Crippen molar-refractivity contribution in [2.24, 2.45) is 5.73 Å². The first kappa shape index (κ1) is 17.5. The molecule has 1 atom stereocenters. The highest BCUT2D eigenvalue weighted by Gasteiger charge is 2.21. The number of hydrogen-bond donors (Lipinski definition) is 3. The fraction of sp³-hybridized carbons (Fsp3) is 0.158. The Morgan fingerprint density at radius 2 is 1.92 bits per heavy atom. The third kappa shape index (κ3) is 4.20. The summed E-state index contributed by atoms with van der Waals surface area (Å²) in [6.45, 7) is 0.00389. The van der Waals surface area contributed by atoms with Gasteiger partial charge in [0.05, 0.1) is 0 Å². The molecule has 7 heteroatoms. The van der Waals surface area contributed by atoms with Gasteiger partial charge in [-0.2, -0.15) is 0 Å². The number of carbonyl (C=O) groups excluding carboxylic acids is 2. The number of nitrogens with two attached hydrogens (primary N) is 1. The number of ether oxygens (including phenoxy) is 2. The van der Waals surface area contributed by atoms with Crippen LogP contribution < -0.4 is 5.73 Å². The van der Waals surface area contributed by atoms with E-state index in [4.69, 9.17) is 10.5 Å². The molecule has 0 radical (unpaired) electrons. The van der Waals surface area contributed by atoms with Gasteiger partial charge in [0.15, 0.2) is 0 Å². The van der Waals surface area contributed by atoms with Crippen molar-refractivity contribution in [3.8, 4) is 5.75 Å². The zero-order valence-corrected chi connectivity index (χ0v) is 13.8. The van der Waals surface area contributed by atoms with E-state index in [0.29, 0.717) is 0 Å². The Balaban J connectivity index is 1.55. The molecule has 0 bridgehead atoms. The molecule has 2 aromatic carbocycles. The minimum atomic E-state index is -1.09. The molecule has 3 aromatic rings. The number of aromatic nitrogens is 1. The van der Waals surface area contributed by atoms with E-state index in [0.717, 1.165) is 22.0 Å². The maximum Gasteiger partial charge on any atom is 0.516 e. The van der Waals surface area contributed by atoms with Crippen molar-refractivity contribution in [1.82, 2.24) is 4.98 Å². The van der Waals surface area contributed by atoms with Crippen LogP contribution in [0, 0.1) is 0 Å². The first-order valence-corrected chi connectivity index (χ1v) is 8.00. The van der Waals surface area contributed by atoms with Crippen LogP contribution in [-0.4, -0.2) is 28.3 Å². The van der Waals surface area contributed by atoms with Crippen LogP contribution in [0.4, 0.5) is 4.79 Å². The Bertz CT molecular complexity index is 920. The number of benzene rings is 2. The fourth-order valence-electron chi connectivity index (χ4n) is 2.56. The molecule has 0 aliphatic carbocycles. The van der Waals surface area contributed by atoms with Gasteiger partial charge in [-0.15, -0.1) is 0 Å². The normalized spacial score (nSPS) is 11.9. The van der Waals surface area contributed by atoms with Gasteiger partial charge in [-0.3, -0.25) is 0 Å². The topological polar surface area (TPSA) is 115 Å². The number of carbonyl (C=O) groups is 2. The molecule has 0 amide bonds. The van der Waals surface area contributed by atoms with Gasteiger partial charge in [0.1, 0.15) is 18.4 Å². The molecule has 134 valence electrons. The first-order valence-electron chi connectivity index (χ1n) is 8.00. The van der Waals surface area contributed by atoms with Crippen molar-refractivity contribution < 1.29 is 24.2 Å². The number of phenolic OH excluding ortho intramolecular Hbond substituents is 1. The van der Waals surface area contributed by atoms with Crippen LogP contribution in [0.15, 0.2) is 54.7 Å². The lowest BCUT2D eigenvalue weighted by atomic mass is 10.1. The average Bonchev–Trinajstić information content (AvgIpc) is 3.02. The van der Waals surface area contributed by atoms with Crippen LogP contribution in [0.25, 0.3) is 10.9 Å². The number of phenols is 1. The molecule has 0 aliphatic heterocycles. The Hall–Kier alpha value is -3.32. The Labute approximate surface area is 149 Å². The molecule has 7 nitrogen and oxygen atoms in total. The smallest absolute Gasteiger partial charge is 0.508 e. The molecule has 0 aliphatic rings. The van der Waals surface area contributed by atoms with Crippen molar-refractivity contribution in [2.45, 2.75) is 19.1 Å². The standard InChI is InChI=1S/C19H18N2O5/c20-16(8-13-10-21-17-7-6-14(22)9-15(13)17)18(23)26-19(24)25-11-12-4-2-1-3-5-12/h1-7,9-10,16,21-22H,8,11,20H2/t16-/m0/s1. The maximum absolute atomic E-state index is 12.0. The predicted octanol–water partition coefficient (Wildman–Crippen LogP) is 2.62. The van der Waals surface area contributed by atoms with Gasteiger partial charge in [0, 0.05) is 23.5 Å². The molecule has 0 saturated heterocycles. The summed E-state index contributed by atoms with van der Waals surface area (Å²) in [6.07, 6.45) is 0.755. The number of aromatic hydroxyl groups is 1. The number of H-pyrrole nitrogens is 1. The SMILES string of the molecule is N[C@@H](Cc1c[nH]c2ccc(O)cc12)C(=O)OC(=O)OCc1ccccc1. The quantitative estimate of drug-likeness (QED) is 0.479. The number of hydrogen-bond acceptors (Lipinski definition) is 6. The second-order valence-corrected chi connectivity index (χ2v) is 5.80. The van der Waals surface area contributed by atoms with Crippen molar-refractivity contribution in [1.29, 1.82) is 0 Å². The van der Waals surface area contributed by atoms with E-state index in [1.54, 1.807) is 36.5 Å².